The van der Waals surface area contributed by atoms with Gasteiger partial charge in [0.1, 0.15) is 0 Å². The van der Waals surface area contributed by atoms with Crippen molar-refractivity contribution < 1.29 is 18.0 Å². The summed E-state index contributed by atoms with van der Waals surface area (Å²) >= 11 is 6.12. The lowest BCUT2D eigenvalue weighted by Crippen LogP contribution is -2.42. The van der Waals surface area contributed by atoms with Gasteiger partial charge in [-0.05, 0) is 78.1 Å². The smallest absolute Gasteiger partial charge is 0.331 e. The van der Waals surface area contributed by atoms with Gasteiger partial charge in [0.15, 0.2) is 5.69 Å². The van der Waals surface area contributed by atoms with Crippen LogP contribution in [0, 0.1) is 0 Å². The number of hydrogen-bond donors (Lipinski definition) is 0. The lowest BCUT2D eigenvalue weighted by molar-refractivity contribution is -0.140. The van der Waals surface area contributed by atoms with Gasteiger partial charge >= 0.3 is 6.18 Å². The van der Waals surface area contributed by atoms with E-state index < -0.39 is 11.9 Å². The number of alkyl halides is 4. The molecule has 0 radical (unpaired) electrons. The Hall–Kier alpha value is -2.87. The number of carbonyl (C=O) groups is 1. The number of rotatable bonds is 4. The van der Waals surface area contributed by atoms with Gasteiger partial charge < -0.3 is 4.90 Å². The molecule has 2 aliphatic rings. The highest BCUT2D eigenvalue weighted by atomic mass is 35.5. The summed E-state index contributed by atoms with van der Waals surface area (Å²) in [7, 11) is 1.46. The fourth-order valence-electron chi connectivity index (χ4n) is 5.41. The zero-order valence-corrected chi connectivity index (χ0v) is 20.4. The molecule has 3 heterocycles. The second kappa shape index (κ2) is 8.97. The Bertz CT molecular complexity index is 1300. The second-order valence-electron chi connectivity index (χ2n) is 9.25. The fourth-order valence-corrected chi connectivity index (χ4v) is 5.57. The van der Waals surface area contributed by atoms with Gasteiger partial charge in [0.05, 0.1) is 6.04 Å². The Balaban J connectivity index is 1.60. The molecule has 0 fully saturated rings. The van der Waals surface area contributed by atoms with E-state index in [1.54, 1.807) is 12.1 Å². The van der Waals surface area contributed by atoms with Crippen molar-refractivity contribution in [2.45, 2.75) is 57.1 Å². The lowest BCUT2D eigenvalue weighted by Gasteiger charge is -2.39. The van der Waals surface area contributed by atoms with E-state index >= 15 is 0 Å². The Morgan fingerprint density at radius 1 is 1.14 bits per heavy atom. The van der Waals surface area contributed by atoms with Crippen molar-refractivity contribution in [3.05, 3.63) is 69.8 Å². The van der Waals surface area contributed by atoms with Crippen molar-refractivity contribution in [3.63, 3.8) is 0 Å². The summed E-state index contributed by atoms with van der Waals surface area (Å²) in [5.41, 5.74) is 4.36. The highest BCUT2D eigenvalue weighted by molar-refractivity contribution is 6.17. The molecule has 1 amide bonds. The maximum absolute atomic E-state index is 13.8. The fraction of sp³-hybridized carbons (Fsp3) is 0.423. The van der Waals surface area contributed by atoms with Crippen LogP contribution in [-0.4, -0.2) is 32.1 Å². The first-order chi connectivity index (χ1) is 16.7. The van der Waals surface area contributed by atoms with E-state index in [4.69, 9.17) is 11.6 Å². The van der Waals surface area contributed by atoms with Crippen molar-refractivity contribution in [2.75, 3.05) is 6.54 Å². The number of amides is 1. The Morgan fingerprint density at radius 3 is 2.63 bits per heavy atom. The predicted octanol–water partition coefficient (Wildman–Crippen LogP) is 5.88. The minimum Gasteiger partial charge on any atom is -0.331 e. The SMILES string of the molecule is CCc1cc2c(cn1)CCC[C@@H]2N1CCc2c(cc(CCl)cc2-c2cn(C)nc2C(F)(F)F)C1=O. The normalized spacial score (nSPS) is 17.9. The maximum Gasteiger partial charge on any atom is 0.435 e. The molecule has 0 saturated heterocycles. The van der Waals surface area contributed by atoms with Gasteiger partial charge in [-0.1, -0.05) is 6.92 Å². The van der Waals surface area contributed by atoms with E-state index in [9.17, 15) is 18.0 Å². The summed E-state index contributed by atoms with van der Waals surface area (Å²) in [6.07, 6.45) is 2.69. The molecule has 1 aliphatic carbocycles. The molecule has 5 rings (SSSR count). The summed E-state index contributed by atoms with van der Waals surface area (Å²) in [5.74, 6) is -0.0721. The van der Waals surface area contributed by atoms with Crippen LogP contribution in [0.15, 0.2) is 30.6 Å². The van der Waals surface area contributed by atoms with E-state index in [2.05, 4.69) is 23.1 Å². The largest absolute Gasteiger partial charge is 0.435 e. The minimum absolute atomic E-state index is 0.0221. The lowest BCUT2D eigenvalue weighted by atomic mass is 9.84. The number of aromatic nitrogens is 3. The summed E-state index contributed by atoms with van der Waals surface area (Å²) in [6, 6.07) is 5.43. The molecule has 0 bridgehead atoms. The van der Waals surface area contributed by atoms with E-state index in [1.807, 2.05) is 11.1 Å². The molecule has 9 heteroatoms. The molecular weight excluding hydrogens is 477 g/mol. The first kappa shape index (κ1) is 23.9. The molecule has 2 aromatic heterocycles. The van der Waals surface area contributed by atoms with Crippen LogP contribution in [0.25, 0.3) is 11.1 Å². The van der Waals surface area contributed by atoms with Crippen molar-refractivity contribution in [3.8, 4) is 11.1 Å². The van der Waals surface area contributed by atoms with Gasteiger partial charge in [-0.25, -0.2) is 0 Å². The molecule has 3 aromatic rings. The summed E-state index contributed by atoms with van der Waals surface area (Å²) < 4.78 is 42.5. The van der Waals surface area contributed by atoms with Crippen molar-refractivity contribution in [1.29, 1.82) is 0 Å². The van der Waals surface area contributed by atoms with Crippen molar-refractivity contribution in [2.24, 2.45) is 7.05 Å². The molecule has 0 saturated carbocycles. The highest BCUT2D eigenvalue weighted by Gasteiger charge is 2.40. The molecule has 0 spiro atoms. The molecule has 1 aliphatic heterocycles. The van der Waals surface area contributed by atoms with E-state index in [-0.39, 0.29) is 23.4 Å². The van der Waals surface area contributed by atoms with Crippen LogP contribution in [0.1, 0.15) is 69.8 Å². The van der Waals surface area contributed by atoms with Crippen molar-refractivity contribution >= 4 is 17.5 Å². The number of aryl methyl sites for hydroxylation is 3. The van der Waals surface area contributed by atoms with Gasteiger partial charge in [-0.3, -0.25) is 14.5 Å². The third-order valence-corrected chi connectivity index (χ3v) is 7.35. The highest BCUT2D eigenvalue weighted by Crippen LogP contribution is 2.42. The van der Waals surface area contributed by atoms with Crippen LogP contribution >= 0.6 is 11.6 Å². The van der Waals surface area contributed by atoms with Gasteiger partial charge in [0.25, 0.3) is 5.91 Å². The molecule has 1 atom stereocenters. The second-order valence-corrected chi connectivity index (χ2v) is 9.52. The zero-order valence-electron chi connectivity index (χ0n) is 19.6. The number of pyridine rings is 1. The molecule has 5 nitrogen and oxygen atoms in total. The maximum atomic E-state index is 13.8. The van der Waals surface area contributed by atoms with Gasteiger partial charge in [0.2, 0.25) is 0 Å². The van der Waals surface area contributed by atoms with Crippen LogP contribution in [0.3, 0.4) is 0 Å². The van der Waals surface area contributed by atoms with E-state index in [1.165, 1.54) is 13.2 Å². The van der Waals surface area contributed by atoms with Crippen LogP contribution in [0.5, 0.6) is 0 Å². The molecule has 35 heavy (non-hydrogen) atoms. The van der Waals surface area contributed by atoms with Crippen LogP contribution < -0.4 is 0 Å². The molecule has 0 unspecified atom stereocenters. The van der Waals surface area contributed by atoms with Crippen molar-refractivity contribution in [1.82, 2.24) is 19.7 Å². The Labute approximate surface area is 206 Å². The summed E-state index contributed by atoms with van der Waals surface area (Å²) in [6.45, 7) is 2.49. The standard InChI is InChI=1S/C26H26ClF3N4O/c1-3-17-11-19-16(13-31-17)5-4-6-23(19)34-8-7-18-20(9-15(12-27)10-21(18)25(34)35)22-14-33(2)32-24(22)26(28,29)30/h9-11,13-14,23H,3-8,12H2,1-2H3/t23-/m0/s1. The number of hydrogen-bond acceptors (Lipinski definition) is 3. The number of benzene rings is 1. The third-order valence-electron chi connectivity index (χ3n) is 7.05. The van der Waals surface area contributed by atoms with Gasteiger partial charge in [0, 0.05) is 48.7 Å². The first-order valence-corrected chi connectivity index (χ1v) is 12.4. The van der Waals surface area contributed by atoms with E-state index in [0.29, 0.717) is 35.2 Å². The Morgan fingerprint density at radius 2 is 1.91 bits per heavy atom. The van der Waals surface area contributed by atoms with E-state index in [0.717, 1.165) is 47.2 Å². The van der Waals surface area contributed by atoms with Gasteiger partial charge in [-0.15, -0.1) is 11.6 Å². The predicted molar refractivity (Wildman–Crippen MR) is 127 cm³/mol. The molecule has 0 N–H and O–H groups in total. The molecule has 1 aromatic carbocycles. The number of nitrogens with zero attached hydrogens (tertiary/aromatic N) is 4. The Kier molecular flexibility index (Phi) is 6.11. The van der Waals surface area contributed by atoms with Crippen LogP contribution in [-0.2, 0) is 38.4 Å². The minimum atomic E-state index is -4.61. The first-order valence-electron chi connectivity index (χ1n) is 11.8. The number of carbonyl (C=O) groups excluding carboxylic acids is 1. The average molecular weight is 503 g/mol. The third kappa shape index (κ3) is 4.22. The van der Waals surface area contributed by atoms with Gasteiger partial charge in [-0.2, -0.15) is 18.3 Å². The number of fused-ring (bicyclic) bond motifs is 2. The summed E-state index contributed by atoms with van der Waals surface area (Å²) in [5, 5.41) is 3.67. The molecule has 184 valence electrons. The molecular formula is C26H26ClF3N4O. The number of halogens is 4. The van der Waals surface area contributed by atoms with Crippen LogP contribution in [0.2, 0.25) is 0 Å². The quantitative estimate of drug-likeness (QED) is 0.419. The zero-order chi connectivity index (χ0) is 24.9. The summed E-state index contributed by atoms with van der Waals surface area (Å²) in [4.78, 5) is 20.3. The topological polar surface area (TPSA) is 51.0 Å². The average Bonchev–Trinajstić information content (AvgIpc) is 3.25. The van der Waals surface area contributed by atoms with Crippen LogP contribution in [0.4, 0.5) is 13.2 Å². The monoisotopic (exact) mass is 502 g/mol.